The van der Waals surface area contributed by atoms with Crippen molar-refractivity contribution in [3.8, 4) is 11.5 Å². The Morgan fingerprint density at radius 2 is 1.44 bits per heavy atom. The molecule has 0 spiro atoms. The molecular formula is C25H21ClFN3O3S. The van der Waals surface area contributed by atoms with E-state index in [0.717, 1.165) is 5.69 Å². The number of anilines is 2. The molecule has 0 atom stereocenters. The number of halogens is 2. The van der Waals surface area contributed by atoms with Gasteiger partial charge in [0.15, 0.2) is 0 Å². The number of hydrogen-bond acceptors (Lipinski definition) is 6. The third-order valence-corrected chi connectivity index (χ3v) is 7.67. The molecule has 0 amide bonds. The van der Waals surface area contributed by atoms with Crippen LogP contribution in [0.1, 0.15) is 0 Å². The number of benzene rings is 3. The van der Waals surface area contributed by atoms with Crippen molar-refractivity contribution in [2.75, 3.05) is 36.0 Å². The SMILES string of the molecule is O=S(=O)(c1ccc(Cl)cc1)c1nc(-c2ccccc2F)oc1N1CCN(c2ccccc2)CC1. The minimum absolute atomic E-state index is 0.0365. The molecule has 6 nitrogen and oxygen atoms in total. The molecular weight excluding hydrogens is 477 g/mol. The standard InChI is InChI=1S/C25H21ClFN3O3S/c26-18-10-12-20(13-11-18)34(31,32)24-25(33-23(28-24)21-8-4-5-9-22(21)27)30-16-14-29(15-17-30)19-6-2-1-3-7-19/h1-13H,14-17H2. The zero-order valence-corrected chi connectivity index (χ0v) is 19.6. The van der Waals surface area contributed by atoms with E-state index in [1.807, 2.05) is 35.2 Å². The van der Waals surface area contributed by atoms with Gasteiger partial charge >= 0.3 is 0 Å². The number of nitrogens with zero attached hydrogens (tertiary/aromatic N) is 3. The number of hydrogen-bond donors (Lipinski definition) is 0. The minimum Gasteiger partial charge on any atom is -0.419 e. The van der Waals surface area contributed by atoms with Crippen molar-refractivity contribution >= 4 is 33.0 Å². The third kappa shape index (κ3) is 4.26. The van der Waals surface area contributed by atoms with E-state index in [0.29, 0.717) is 31.2 Å². The molecule has 0 N–H and O–H groups in total. The summed E-state index contributed by atoms with van der Waals surface area (Å²) in [5.41, 5.74) is 1.20. The van der Waals surface area contributed by atoms with E-state index >= 15 is 0 Å². The lowest BCUT2D eigenvalue weighted by molar-refractivity contribution is 0.521. The van der Waals surface area contributed by atoms with Crippen molar-refractivity contribution in [1.82, 2.24) is 4.98 Å². The van der Waals surface area contributed by atoms with Crippen molar-refractivity contribution in [2.24, 2.45) is 0 Å². The number of piperazine rings is 1. The van der Waals surface area contributed by atoms with Gasteiger partial charge in [-0.1, -0.05) is 41.9 Å². The van der Waals surface area contributed by atoms with Crippen molar-refractivity contribution in [3.05, 3.63) is 89.7 Å². The second-order valence-electron chi connectivity index (χ2n) is 7.88. The van der Waals surface area contributed by atoms with Gasteiger partial charge in [-0.25, -0.2) is 12.8 Å². The summed E-state index contributed by atoms with van der Waals surface area (Å²) in [4.78, 5) is 8.38. The topological polar surface area (TPSA) is 66.7 Å². The highest BCUT2D eigenvalue weighted by atomic mass is 35.5. The minimum atomic E-state index is -4.04. The van der Waals surface area contributed by atoms with Crippen LogP contribution in [-0.2, 0) is 9.84 Å². The molecule has 3 aromatic carbocycles. The molecule has 0 saturated carbocycles. The predicted octanol–water partition coefficient (Wildman–Crippen LogP) is 5.29. The highest BCUT2D eigenvalue weighted by molar-refractivity contribution is 7.91. The summed E-state index contributed by atoms with van der Waals surface area (Å²) in [6.07, 6.45) is 0. The molecule has 0 aliphatic carbocycles. The smallest absolute Gasteiger partial charge is 0.236 e. The molecule has 0 radical (unpaired) electrons. The quantitative estimate of drug-likeness (QED) is 0.373. The Labute approximate surface area is 202 Å². The van der Waals surface area contributed by atoms with Crippen molar-refractivity contribution < 1.29 is 17.2 Å². The Kier molecular flexibility index (Phi) is 6.02. The zero-order chi connectivity index (χ0) is 23.7. The largest absolute Gasteiger partial charge is 0.419 e. The number of oxazole rings is 1. The second-order valence-corrected chi connectivity index (χ2v) is 10.2. The van der Waals surface area contributed by atoms with Gasteiger partial charge in [0.05, 0.1) is 10.5 Å². The van der Waals surface area contributed by atoms with Gasteiger partial charge in [-0.3, -0.25) is 0 Å². The molecule has 0 unspecified atom stereocenters. The maximum absolute atomic E-state index is 14.5. The average molecular weight is 498 g/mol. The normalized spacial score (nSPS) is 14.4. The fourth-order valence-electron chi connectivity index (χ4n) is 3.95. The van der Waals surface area contributed by atoms with E-state index in [9.17, 15) is 12.8 Å². The van der Waals surface area contributed by atoms with Crippen LogP contribution in [0.2, 0.25) is 5.02 Å². The molecule has 174 valence electrons. The monoisotopic (exact) mass is 497 g/mol. The summed E-state index contributed by atoms with van der Waals surface area (Å²) >= 11 is 5.94. The van der Waals surface area contributed by atoms with Gasteiger partial charge in [0, 0.05) is 36.9 Å². The Hall–Kier alpha value is -3.36. The van der Waals surface area contributed by atoms with Gasteiger partial charge in [0.25, 0.3) is 0 Å². The highest BCUT2D eigenvalue weighted by Gasteiger charge is 2.33. The van der Waals surface area contributed by atoms with Crippen molar-refractivity contribution in [2.45, 2.75) is 9.92 Å². The number of sulfone groups is 1. The lowest BCUT2D eigenvalue weighted by Gasteiger charge is -2.36. The van der Waals surface area contributed by atoms with Crippen molar-refractivity contribution in [1.29, 1.82) is 0 Å². The Balaban J connectivity index is 1.53. The summed E-state index contributed by atoms with van der Waals surface area (Å²) in [7, 11) is -4.04. The first-order chi connectivity index (χ1) is 16.4. The summed E-state index contributed by atoms with van der Waals surface area (Å²) in [5, 5.41) is 0.185. The Morgan fingerprint density at radius 1 is 0.824 bits per heavy atom. The third-order valence-electron chi connectivity index (χ3n) is 5.75. The summed E-state index contributed by atoms with van der Waals surface area (Å²) in [5.74, 6) is -0.508. The molecule has 0 bridgehead atoms. The van der Waals surface area contributed by atoms with Crippen LogP contribution in [0.15, 0.2) is 93.2 Å². The first kappa shape index (κ1) is 22.4. The molecule has 1 aliphatic heterocycles. The van der Waals surface area contributed by atoms with Crippen LogP contribution in [0.3, 0.4) is 0 Å². The highest BCUT2D eigenvalue weighted by Crippen LogP contribution is 2.36. The van der Waals surface area contributed by atoms with E-state index in [1.54, 1.807) is 12.1 Å². The van der Waals surface area contributed by atoms with E-state index in [-0.39, 0.29) is 27.3 Å². The van der Waals surface area contributed by atoms with Crippen LogP contribution < -0.4 is 9.80 Å². The van der Waals surface area contributed by atoms with Gasteiger partial charge < -0.3 is 14.2 Å². The molecule has 34 heavy (non-hydrogen) atoms. The first-order valence-electron chi connectivity index (χ1n) is 10.7. The van der Waals surface area contributed by atoms with Gasteiger partial charge in [-0.15, -0.1) is 0 Å². The summed E-state index contributed by atoms with van der Waals surface area (Å²) in [6.45, 7) is 2.37. The number of aromatic nitrogens is 1. The van der Waals surface area contributed by atoms with Crippen LogP contribution >= 0.6 is 11.6 Å². The maximum atomic E-state index is 14.5. The lowest BCUT2D eigenvalue weighted by Crippen LogP contribution is -2.46. The first-order valence-corrected chi connectivity index (χ1v) is 12.6. The Morgan fingerprint density at radius 3 is 2.12 bits per heavy atom. The second kappa shape index (κ2) is 9.12. The molecule has 1 saturated heterocycles. The van der Waals surface area contributed by atoms with E-state index in [4.69, 9.17) is 16.0 Å². The van der Waals surface area contributed by atoms with Gasteiger partial charge in [0.1, 0.15) is 5.82 Å². The maximum Gasteiger partial charge on any atom is 0.236 e. The molecule has 2 heterocycles. The lowest BCUT2D eigenvalue weighted by atomic mass is 10.2. The van der Waals surface area contributed by atoms with E-state index in [1.165, 1.54) is 36.4 Å². The molecule has 1 fully saturated rings. The van der Waals surface area contributed by atoms with Gasteiger partial charge in [-0.05, 0) is 48.5 Å². The van der Waals surface area contributed by atoms with Gasteiger partial charge in [0.2, 0.25) is 26.6 Å². The molecule has 4 aromatic rings. The fourth-order valence-corrected chi connectivity index (χ4v) is 5.40. The van der Waals surface area contributed by atoms with Crippen LogP contribution in [0, 0.1) is 5.82 Å². The zero-order valence-electron chi connectivity index (χ0n) is 18.1. The molecule has 5 rings (SSSR count). The van der Waals surface area contributed by atoms with Crippen LogP contribution in [0.5, 0.6) is 0 Å². The van der Waals surface area contributed by atoms with Crippen LogP contribution in [0.4, 0.5) is 16.0 Å². The average Bonchev–Trinajstić information content (AvgIpc) is 3.31. The molecule has 9 heteroatoms. The van der Waals surface area contributed by atoms with Crippen LogP contribution in [0.25, 0.3) is 11.5 Å². The predicted molar refractivity (Wildman–Crippen MR) is 130 cm³/mol. The van der Waals surface area contributed by atoms with Crippen molar-refractivity contribution in [3.63, 3.8) is 0 Å². The fraction of sp³-hybridized carbons (Fsp3) is 0.160. The summed E-state index contributed by atoms with van der Waals surface area (Å²) in [6, 6.07) is 21.9. The number of rotatable bonds is 5. The molecule has 1 aromatic heterocycles. The van der Waals surface area contributed by atoms with E-state index < -0.39 is 15.7 Å². The Bertz CT molecular complexity index is 1400. The van der Waals surface area contributed by atoms with E-state index in [2.05, 4.69) is 9.88 Å². The molecule has 1 aliphatic rings. The van der Waals surface area contributed by atoms with Crippen LogP contribution in [-0.4, -0.2) is 39.6 Å². The van der Waals surface area contributed by atoms with Gasteiger partial charge in [-0.2, -0.15) is 4.98 Å². The number of para-hydroxylation sites is 1. The summed E-state index contributed by atoms with van der Waals surface area (Å²) < 4.78 is 47.5.